The van der Waals surface area contributed by atoms with Crippen LogP contribution in [0, 0.1) is 5.92 Å². The normalized spacial score (nSPS) is 14.6. The Labute approximate surface area is 103 Å². The third-order valence-corrected chi connectivity index (χ3v) is 3.02. The van der Waals surface area contributed by atoms with Gasteiger partial charge in [0, 0.05) is 30.9 Å². The first kappa shape index (κ1) is 13.9. The van der Waals surface area contributed by atoms with Gasteiger partial charge in [0.25, 0.3) is 0 Å². The summed E-state index contributed by atoms with van der Waals surface area (Å²) >= 11 is 0. The van der Waals surface area contributed by atoms with Crippen LogP contribution in [-0.4, -0.2) is 21.4 Å². The molecular weight excluding hydrogens is 214 g/mol. The molecule has 0 amide bonds. The molecule has 17 heavy (non-hydrogen) atoms. The van der Waals surface area contributed by atoms with E-state index in [9.17, 15) is 4.79 Å². The van der Waals surface area contributed by atoms with Gasteiger partial charge < -0.3 is 10.3 Å². The van der Waals surface area contributed by atoms with Crippen molar-refractivity contribution in [3.63, 3.8) is 0 Å². The molecule has 0 aliphatic rings. The number of hydrogen-bond acceptors (Lipinski definition) is 3. The molecule has 0 aromatic carbocycles. The Balaban J connectivity index is 2.52. The molecule has 1 aromatic heterocycles. The van der Waals surface area contributed by atoms with E-state index in [2.05, 4.69) is 4.98 Å². The fraction of sp³-hybridized carbons (Fsp3) is 0.692. The van der Waals surface area contributed by atoms with Crippen LogP contribution in [0.2, 0.25) is 0 Å². The Morgan fingerprint density at radius 2 is 2.18 bits per heavy atom. The van der Waals surface area contributed by atoms with Crippen molar-refractivity contribution in [1.29, 1.82) is 0 Å². The van der Waals surface area contributed by atoms with Gasteiger partial charge in [0.1, 0.15) is 0 Å². The lowest BCUT2D eigenvalue weighted by molar-refractivity contribution is 0.0907. The van der Waals surface area contributed by atoms with E-state index in [1.807, 2.05) is 31.5 Å². The Hall–Kier alpha value is -1.16. The summed E-state index contributed by atoms with van der Waals surface area (Å²) in [6.07, 6.45) is 6.39. The first-order valence-electron chi connectivity index (χ1n) is 6.37. The second-order valence-electron chi connectivity index (χ2n) is 4.71. The van der Waals surface area contributed by atoms with Crippen LogP contribution in [0.3, 0.4) is 0 Å². The number of imidazole rings is 1. The van der Waals surface area contributed by atoms with Crippen molar-refractivity contribution in [1.82, 2.24) is 9.55 Å². The molecule has 2 atom stereocenters. The number of nitrogens with zero attached hydrogens (tertiary/aromatic N) is 2. The zero-order valence-electron chi connectivity index (χ0n) is 11.0. The number of ketones is 1. The fourth-order valence-electron chi connectivity index (χ4n) is 1.89. The molecule has 0 aliphatic heterocycles. The molecule has 0 spiro atoms. The number of Topliss-reactive ketones (excluding diaryl/α,β-unsaturated/α-hetero) is 1. The van der Waals surface area contributed by atoms with Crippen LogP contribution in [0.4, 0.5) is 0 Å². The monoisotopic (exact) mass is 237 g/mol. The zero-order valence-corrected chi connectivity index (χ0v) is 11.0. The number of nitrogens with two attached hydrogens (primary N) is 1. The third kappa shape index (κ3) is 3.97. The molecular formula is C13H23N3O. The van der Waals surface area contributed by atoms with Gasteiger partial charge in [0.05, 0.1) is 0 Å². The topological polar surface area (TPSA) is 60.9 Å². The Morgan fingerprint density at radius 3 is 2.76 bits per heavy atom. The Bertz CT molecular complexity index is 357. The summed E-state index contributed by atoms with van der Waals surface area (Å²) in [6.45, 7) is 6.77. The van der Waals surface area contributed by atoms with Gasteiger partial charge in [0.2, 0.25) is 5.78 Å². The maximum Gasteiger partial charge on any atom is 0.201 e. The van der Waals surface area contributed by atoms with Crippen LogP contribution in [-0.2, 0) is 6.54 Å². The van der Waals surface area contributed by atoms with E-state index < -0.39 is 0 Å². The quantitative estimate of drug-likeness (QED) is 0.740. The lowest BCUT2D eigenvalue weighted by Gasteiger charge is -2.11. The summed E-state index contributed by atoms with van der Waals surface area (Å²) in [7, 11) is 0. The summed E-state index contributed by atoms with van der Waals surface area (Å²) < 4.78 is 1.89. The maximum atomic E-state index is 12.1. The summed E-state index contributed by atoms with van der Waals surface area (Å²) in [5.41, 5.74) is 5.69. The molecule has 2 N–H and O–H groups in total. The highest BCUT2D eigenvalue weighted by Gasteiger charge is 2.19. The van der Waals surface area contributed by atoms with E-state index in [0.717, 1.165) is 25.8 Å². The highest BCUT2D eigenvalue weighted by molar-refractivity contribution is 5.94. The van der Waals surface area contributed by atoms with Gasteiger partial charge in [-0.05, 0) is 26.7 Å². The predicted molar refractivity (Wildman–Crippen MR) is 68.9 cm³/mol. The first-order valence-corrected chi connectivity index (χ1v) is 6.37. The van der Waals surface area contributed by atoms with E-state index in [0.29, 0.717) is 5.82 Å². The van der Waals surface area contributed by atoms with Gasteiger partial charge in [-0.25, -0.2) is 4.98 Å². The van der Waals surface area contributed by atoms with Crippen molar-refractivity contribution in [2.45, 2.75) is 52.6 Å². The van der Waals surface area contributed by atoms with Crippen LogP contribution in [0.1, 0.15) is 50.7 Å². The molecule has 0 radical (unpaired) electrons. The summed E-state index contributed by atoms with van der Waals surface area (Å²) in [5.74, 6) is 0.753. The molecule has 4 heteroatoms. The number of rotatable bonds is 7. The standard InChI is InChI=1S/C13H23N3O/c1-4-16-9-8-15-13(16)12(17)10(2)6-5-7-11(3)14/h8-11H,4-7,14H2,1-3H3. The zero-order chi connectivity index (χ0) is 12.8. The van der Waals surface area contributed by atoms with Gasteiger partial charge in [-0.3, -0.25) is 4.79 Å². The van der Waals surface area contributed by atoms with E-state index >= 15 is 0 Å². The van der Waals surface area contributed by atoms with Crippen LogP contribution < -0.4 is 5.73 Å². The average molecular weight is 237 g/mol. The summed E-state index contributed by atoms with van der Waals surface area (Å²) in [6, 6.07) is 0.218. The number of aromatic nitrogens is 2. The minimum absolute atomic E-state index is 0.0291. The minimum atomic E-state index is 0.0291. The molecule has 0 saturated carbocycles. The van der Waals surface area contributed by atoms with Gasteiger partial charge in [-0.2, -0.15) is 0 Å². The smallest absolute Gasteiger partial charge is 0.201 e. The third-order valence-electron chi connectivity index (χ3n) is 3.02. The highest BCUT2D eigenvalue weighted by Crippen LogP contribution is 2.14. The van der Waals surface area contributed by atoms with Crippen molar-refractivity contribution < 1.29 is 4.79 Å². The van der Waals surface area contributed by atoms with Crippen molar-refractivity contribution in [2.24, 2.45) is 11.7 Å². The maximum absolute atomic E-state index is 12.1. The van der Waals surface area contributed by atoms with Gasteiger partial charge in [0.15, 0.2) is 5.82 Å². The van der Waals surface area contributed by atoms with E-state index in [1.54, 1.807) is 6.20 Å². The lowest BCUT2D eigenvalue weighted by atomic mass is 9.97. The van der Waals surface area contributed by atoms with Crippen molar-refractivity contribution >= 4 is 5.78 Å². The Kier molecular flexibility index (Phi) is 5.35. The molecule has 0 aliphatic carbocycles. The molecule has 0 fully saturated rings. The predicted octanol–water partition coefficient (Wildman–Crippen LogP) is 2.24. The molecule has 1 heterocycles. The van der Waals surface area contributed by atoms with Crippen LogP contribution in [0.15, 0.2) is 12.4 Å². The molecule has 96 valence electrons. The molecule has 2 unspecified atom stereocenters. The Morgan fingerprint density at radius 1 is 1.47 bits per heavy atom. The van der Waals surface area contributed by atoms with Crippen LogP contribution in [0.25, 0.3) is 0 Å². The minimum Gasteiger partial charge on any atom is -0.329 e. The molecule has 1 rings (SSSR count). The van der Waals surface area contributed by atoms with E-state index in [-0.39, 0.29) is 17.7 Å². The summed E-state index contributed by atoms with van der Waals surface area (Å²) in [4.78, 5) is 16.3. The summed E-state index contributed by atoms with van der Waals surface area (Å²) in [5, 5.41) is 0. The number of aryl methyl sites for hydroxylation is 1. The molecule has 1 aromatic rings. The van der Waals surface area contributed by atoms with Gasteiger partial charge in [-0.15, -0.1) is 0 Å². The average Bonchev–Trinajstić information content (AvgIpc) is 2.75. The molecule has 0 bridgehead atoms. The van der Waals surface area contributed by atoms with Crippen LogP contribution in [0.5, 0.6) is 0 Å². The van der Waals surface area contributed by atoms with Crippen molar-refractivity contribution in [3.05, 3.63) is 18.2 Å². The second kappa shape index (κ2) is 6.55. The second-order valence-corrected chi connectivity index (χ2v) is 4.71. The van der Waals surface area contributed by atoms with Crippen LogP contribution >= 0.6 is 0 Å². The van der Waals surface area contributed by atoms with Gasteiger partial charge in [-0.1, -0.05) is 13.3 Å². The number of carbonyl (C=O) groups is 1. The first-order chi connectivity index (χ1) is 8.06. The van der Waals surface area contributed by atoms with Crippen molar-refractivity contribution in [2.75, 3.05) is 0 Å². The largest absolute Gasteiger partial charge is 0.329 e. The molecule has 4 nitrogen and oxygen atoms in total. The van der Waals surface area contributed by atoms with E-state index in [4.69, 9.17) is 5.73 Å². The van der Waals surface area contributed by atoms with Gasteiger partial charge >= 0.3 is 0 Å². The molecule has 0 saturated heterocycles. The SMILES string of the molecule is CCn1ccnc1C(=O)C(C)CCCC(C)N. The number of carbonyl (C=O) groups excluding carboxylic acids is 1. The number of hydrogen-bond donors (Lipinski definition) is 1. The highest BCUT2D eigenvalue weighted by atomic mass is 16.1. The van der Waals surface area contributed by atoms with Crippen molar-refractivity contribution in [3.8, 4) is 0 Å². The fourth-order valence-corrected chi connectivity index (χ4v) is 1.89. The lowest BCUT2D eigenvalue weighted by Crippen LogP contribution is -2.19. The van der Waals surface area contributed by atoms with E-state index in [1.165, 1.54) is 0 Å².